The number of rotatable bonds is 3. The van der Waals surface area contributed by atoms with E-state index in [1.165, 1.54) is 37.7 Å². The summed E-state index contributed by atoms with van der Waals surface area (Å²) in [5.41, 5.74) is 1.28. The second-order valence-corrected chi connectivity index (χ2v) is 6.56. The van der Waals surface area contributed by atoms with E-state index in [4.69, 9.17) is 11.6 Å². The molecule has 100 valence electrons. The predicted molar refractivity (Wildman–Crippen MR) is 82.3 cm³/mol. The minimum atomic E-state index is 0.646. The van der Waals surface area contributed by atoms with Crippen LogP contribution in [0.25, 0.3) is 0 Å². The van der Waals surface area contributed by atoms with Crippen molar-refractivity contribution in [3.05, 3.63) is 33.3 Å². The lowest BCUT2D eigenvalue weighted by molar-refractivity contribution is 0.350. The first-order chi connectivity index (χ1) is 8.70. The van der Waals surface area contributed by atoms with Crippen molar-refractivity contribution in [2.24, 2.45) is 5.92 Å². The number of hydrogen-bond acceptors (Lipinski definition) is 1. The van der Waals surface area contributed by atoms with Crippen LogP contribution in [0.2, 0.25) is 5.02 Å². The molecular formula is C15H21BrClN. The Balaban J connectivity index is 2.10. The van der Waals surface area contributed by atoms with Gasteiger partial charge in [0.15, 0.2) is 0 Å². The summed E-state index contributed by atoms with van der Waals surface area (Å²) in [6.07, 6.45) is 7.81. The number of hydrogen-bond donors (Lipinski definition) is 1. The topological polar surface area (TPSA) is 12.0 Å². The van der Waals surface area contributed by atoms with Gasteiger partial charge in [-0.1, -0.05) is 52.9 Å². The van der Waals surface area contributed by atoms with Gasteiger partial charge in [0, 0.05) is 15.5 Å². The summed E-state index contributed by atoms with van der Waals surface area (Å²) in [6.45, 7) is 0. The summed E-state index contributed by atoms with van der Waals surface area (Å²) >= 11 is 9.79. The molecule has 0 bridgehead atoms. The second-order valence-electron chi connectivity index (χ2n) is 5.23. The quantitative estimate of drug-likeness (QED) is 0.784. The maximum atomic E-state index is 6.33. The third kappa shape index (κ3) is 3.72. The zero-order valence-electron chi connectivity index (χ0n) is 10.9. The SMILES string of the molecule is CNC1CCCCCC1Cc1ccc(Br)cc1Cl. The van der Waals surface area contributed by atoms with Gasteiger partial charge in [-0.15, -0.1) is 0 Å². The molecule has 1 aromatic carbocycles. The van der Waals surface area contributed by atoms with E-state index in [1.807, 2.05) is 6.07 Å². The van der Waals surface area contributed by atoms with Crippen molar-refractivity contribution in [2.75, 3.05) is 7.05 Å². The van der Waals surface area contributed by atoms with Gasteiger partial charge in [-0.2, -0.15) is 0 Å². The Morgan fingerprint density at radius 1 is 1.28 bits per heavy atom. The lowest BCUT2D eigenvalue weighted by Gasteiger charge is -2.25. The summed E-state index contributed by atoms with van der Waals surface area (Å²) in [5.74, 6) is 0.719. The maximum absolute atomic E-state index is 6.33. The summed E-state index contributed by atoms with van der Waals surface area (Å²) < 4.78 is 1.06. The fourth-order valence-corrected chi connectivity index (χ4v) is 3.73. The lowest BCUT2D eigenvalue weighted by Crippen LogP contribution is -2.33. The van der Waals surface area contributed by atoms with Crippen molar-refractivity contribution in [1.82, 2.24) is 5.32 Å². The summed E-state index contributed by atoms with van der Waals surface area (Å²) in [7, 11) is 2.09. The van der Waals surface area contributed by atoms with Crippen LogP contribution in [0.5, 0.6) is 0 Å². The molecule has 1 nitrogen and oxygen atoms in total. The van der Waals surface area contributed by atoms with Crippen molar-refractivity contribution in [1.29, 1.82) is 0 Å². The molecule has 1 fully saturated rings. The third-order valence-corrected chi connectivity index (χ3v) is 4.87. The highest BCUT2D eigenvalue weighted by atomic mass is 79.9. The molecule has 18 heavy (non-hydrogen) atoms. The molecule has 2 rings (SSSR count). The fourth-order valence-electron chi connectivity index (χ4n) is 2.98. The molecule has 0 aliphatic heterocycles. The predicted octanol–water partition coefficient (Wildman–Crippen LogP) is 4.81. The maximum Gasteiger partial charge on any atom is 0.0449 e. The normalized spacial score (nSPS) is 24.8. The van der Waals surface area contributed by atoms with Crippen molar-refractivity contribution in [3.8, 4) is 0 Å². The van der Waals surface area contributed by atoms with Crippen molar-refractivity contribution in [2.45, 2.75) is 44.6 Å². The average Bonchev–Trinajstić information content (AvgIpc) is 2.57. The molecule has 0 heterocycles. The molecule has 0 saturated heterocycles. The van der Waals surface area contributed by atoms with Crippen LogP contribution in [0.15, 0.2) is 22.7 Å². The smallest absolute Gasteiger partial charge is 0.0449 e. The summed E-state index contributed by atoms with van der Waals surface area (Å²) in [6, 6.07) is 6.89. The van der Waals surface area contributed by atoms with Crippen LogP contribution in [-0.2, 0) is 6.42 Å². The highest BCUT2D eigenvalue weighted by Gasteiger charge is 2.23. The van der Waals surface area contributed by atoms with Gasteiger partial charge in [0.25, 0.3) is 0 Å². The van der Waals surface area contributed by atoms with Crippen LogP contribution in [0.1, 0.15) is 37.7 Å². The molecule has 2 atom stereocenters. The molecule has 3 heteroatoms. The Morgan fingerprint density at radius 2 is 2.06 bits per heavy atom. The van der Waals surface area contributed by atoms with Crippen LogP contribution in [0.4, 0.5) is 0 Å². The molecule has 0 spiro atoms. The molecule has 1 aliphatic rings. The Kier molecular flexibility index (Phi) is 5.53. The standard InChI is InChI=1S/C15H21BrClN/c1-18-15-6-4-2-3-5-12(15)9-11-7-8-13(16)10-14(11)17/h7-8,10,12,15,18H,2-6,9H2,1H3. The first-order valence-corrected chi connectivity index (χ1v) is 7.99. The van der Waals surface area contributed by atoms with Gasteiger partial charge in [0.05, 0.1) is 0 Å². The molecule has 2 unspecified atom stereocenters. The van der Waals surface area contributed by atoms with Gasteiger partial charge in [0.2, 0.25) is 0 Å². The highest BCUT2D eigenvalue weighted by molar-refractivity contribution is 9.10. The summed E-state index contributed by atoms with van der Waals surface area (Å²) in [5, 5.41) is 4.38. The summed E-state index contributed by atoms with van der Waals surface area (Å²) in [4.78, 5) is 0. The molecule has 0 radical (unpaired) electrons. The van der Waals surface area contributed by atoms with Gasteiger partial charge in [-0.3, -0.25) is 0 Å². The Morgan fingerprint density at radius 3 is 2.78 bits per heavy atom. The Bertz CT molecular complexity index is 394. The van der Waals surface area contributed by atoms with Gasteiger partial charge in [-0.25, -0.2) is 0 Å². The number of benzene rings is 1. The molecule has 1 aromatic rings. The van der Waals surface area contributed by atoms with E-state index in [0.29, 0.717) is 6.04 Å². The largest absolute Gasteiger partial charge is 0.317 e. The molecule has 0 amide bonds. The third-order valence-electron chi connectivity index (χ3n) is 4.03. The van der Waals surface area contributed by atoms with Gasteiger partial charge in [0.1, 0.15) is 0 Å². The van der Waals surface area contributed by atoms with Crippen molar-refractivity contribution in [3.63, 3.8) is 0 Å². The fraction of sp³-hybridized carbons (Fsp3) is 0.600. The van der Waals surface area contributed by atoms with Gasteiger partial charge >= 0.3 is 0 Å². The van der Waals surface area contributed by atoms with E-state index in [9.17, 15) is 0 Å². The van der Waals surface area contributed by atoms with E-state index < -0.39 is 0 Å². The van der Waals surface area contributed by atoms with Gasteiger partial charge < -0.3 is 5.32 Å². The van der Waals surface area contributed by atoms with Crippen molar-refractivity contribution >= 4 is 27.5 Å². The molecule has 1 N–H and O–H groups in total. The van der Waals surface area contributed by atoms with Crippen molar-refractivity contribution < 1.29 is 0 Å². The highest BCUT2D eigenvalue weighted by Crippen LogP contribution is 2.30. The minimum Gasteiger partial charge on any atom is -0.317 e. The number of nitrogens with one attached hydrogen (secondary N) is 1. The monoisotopic (exact) mass is 329 g/mol. The molecule has 0 aromatic heterocycles. The van der Waals surface area contributed by atoms with Gasteiger partial charge in [-0.05, 0) is 49.9 Å². The molecule has 1 saturated carbocycles. The van der Waals surface area contributed by atoms with E-state index in [2.05, 4.69) is 40.4 Å². The van der Waals surface area contributed by atoms with E-state index in [-0.39, 0.29) is 0 Å². The zero-order chi connectivity index (χ0) is 13.0. The average molecular weight is 331 g/mol. The Labute approximate surface area is 123 Å². The number of halogens is 2. The van der Waals surface area contributed by atoms with E-state index in [0.717, 1.165) is 21.8 Å². The van der Waals surface area contributed by atoms with Crippen LogP contribution in [0, 0.1) is 5.92 Å². The molecular weight excluding hydrogens is 310 g/mol. The first kappa shape index (κ1) is 14.4. The minimum absolute atomic E-state index is 0.646. The lowest BCUT2D eigenvalue weighted by atomic mass is 9.88. The first-order valence-electron chi connectivity index (χ1n) is 6.82. The zero-order valence-corrected chi connectivity index (χ0v) is 13.2. The molecule has 1 aliphatic carbocycles. The van der Waals surface area contributed by atoms with E-state index >= 15 is 0 Å². The second kappa shape index (κ2) is 6.93. The van der Waals surface area contributed by atoms with Crippen LogP contribution in [-0.4, -0.2) is 13.1 Å². The Hall–Kier alpha value is -0.0500. The van der Waals surface area contributed by atoms with Crippen LogP contribution >= 0.6 is 27.5 Å². The van der Waals surface area contributed by atoms with Crippen LogP contribution < -0.4 is 5.32 Å². The van der Waals surface area contributed by atoms with Crippen LogP contribution in [0.3, 0.4) is 0 Å². The van der Waals surface area contributed by atoms with E-state index in [1.54, 1.807) is 0 Å².